The molecule has 2 atom stereocenters. The molecular formula is C43H50FN5O9S. The third kappa shape index (κ3) is 9.75. The Labute approximate surface area is 343 Å². The number of nitrogens with zero attached hydrogens (tertiary/aromatic N) is 3. The largest absolute Gasteiger partial charge is 0.449 e. The molecule has 2 N–H and O–H groups in total. The third-order valence-electron chi connectivity index (χ3n) is 9.72. The Morgan fingerprint density at radius 1 is 0.966 bits per heavy atom. The minimum absolute atomic E-state index is 0.0365. The number of anilines is 3. The zero-order chi connectivity index (χ0) is 43.2. The third-order valence-corrected chi connectivity index (χ3v) is 12.1. The van der Waals surface area contributed by atoms with Gasteiger partial charge in [0.2, 0.25) is 5.91 Å². The number of ether oxygens (including phenoxy) is 3. The molecule has 16 heteroatoms. The van der Waals surface area contributed by atoms with Crippen LogP contribution in [0.2, 0.25) is 0 Å². The number of nitrogens with one attached hydrogen (secondary N) is 2. The van der Waals surface area contributed by atoms with Gasteiger partial charge in [-0.2, -0.15) is 4.90 Å². The SMILES string of the molecule is Cc1cc2ccc1[C@@H](C)COC(=O)Nc1ccc(S(=O)(=O)C3CC3)c(c1)CN(C)C(=O)[C@@H]2Nc1cc2ccnc(N(C(=O)OC(C)(C)C)C(=O)OC(C)(C)C)c2cc1F. The number of hydrogen-bond acceptors (Lipinski definition) is 11. The van der Waals surface area contributed by atoms with Crippen molar-refractivity contribution in [2.75, 3.05) is 29.2 Å². The van der Waals surface area contributed by atoms with Crippen LogP contribution >= 0.6 is 0 Å². The van der Waals surface area contributed by atoms with Crippen molar-refractivity contribution >= 4 is 62.0 Å². The first kappa shape index (κ1) is 42.8. The lowest BCUT2D eigenvalue weighted by Gasteiger charge is -2.29. The zero-order valence-electron chi connectivity index (χ0n) is 34.6. The van der Waals surface area contributed by atoms with E-state index in [4.69, 9.17) is 14.2 Å². The molecular weight excluding hydrogens is 782 g/mol. The molecule has 314 valence electrons. The number of amides is 4. The van der Waals surface area contributed by atoms with Gasteiger partial charge in [-0.3, -0.25) is 10.1 Å². The molecule has 59 heavy (non-hydrogen) atoms. The summed E-state index contributed by atoms with van der Waals surface area (Å²) in [6.07, 6.45) is -0.458. The summed E-state index contributed by atoms with van der Waals surface area (Å²) in [6, 6.07) is 12.7. The summed E-state index contributed by atoms with van der Waals surface area (Å²) < 4.78 is 60.2. The second-order valence-corrected chi connectivity index (χ2v) is 19.3. The molecule has 0 unspecified atom stereocenters. The van der Waals surface area contributed by atoms with Crippen LogP contribution in [0, 0.1) is 12.7 Å². The molecule has 4 aromatic rings. The van der Waals surface area contributed by atoms with Gasteiger partial charge in [0.05, 0.1) is 22.4 Å². The Morgan fingerprint density at radius 3 is 2.24 bits per heavy atom. The van der Waals surface area contributed by atoms with E-state index in [2.05, 4.69) is 15.6 Å². The lowest BCUT2D eigenvalue weighted by molar-refractivity contribution is -0.131. The Bertz CT molecular complexity index is 2410. The van der Waals surface area contributed by atoms with Crippen LogP contribution in [-0.4, -0.2) is 72.6 Å². The molecule has 4 bridgehead atoms. The van der Waals surface area contributed by atoms with E-state index in [0.717, 1.165) is 17.2 Å². The molecule has 3 heterocycles. The van der Waals surface area contributed by atoms with Gasteiger partial charge >= 0.3 is 18.3 Å². The Balaban J connectivity index is 1.43. The van der Waals surface area contributed by atoms with E-state index < -0.39 is 62.3 Å². The molecule has 1 saturated carbocycles. The minimum atomic E-state index is -3.73. The number of sulfone groups is 1. The number of hydrogen-bond donors (Lipinski definition) is 2. The highest BCUT2D eigenvalue weighted by atomic mass is 32.2. The van der Waals surface area contributed by atoms with Gasteiger partial charge in [0.15, 0.2) is 15.7 Å². The quantitative estimate of drug-likeness (QED) is 0.184. The minimum Gasteiger partial charge on any atom is -0.449 e. The number of rotatable bonds is 5. The van der Waals surface area contributed by atoms with E-state index >= 15 is 4.39 Å². The zero-order valence-corrected chi connectivity index (χ0v) is 35.5. The molecule has 14 nitrogen and oxygen atoms in total. The van der Waals surface area contributed by atoms with E-state index in [0.29, 0.717) is 34.4 Å². The summed E-state index contributed by atoms with van der Waals surface area (Å²) in [5.74, 6) is -1.81. The average molecular weight is 832 g/mol. The number of halogens is 1. The standard InChI is InChI=1S/C43H50FN5O9S/c1-24-18-27-10-14-31(24)25(2)23-56-39(51)46-29-11-15-35(59(54,55)30-12-13-30)28(19-29)22-48(9)38(50)36(27)47-34-20-26-16-17-45-37(32(26)21-33(34)44)49(40(52)57-42(3,4)5)41(53)58-43(6,7)8/h10-11,14-21,25,30,36,47H,12-13,22-23H2,1-9H3,(H,46,51)/t25-,36+/m0/s1. The maximum absolute atomic E-state index is 16.5. The molecule has 1 aromatic heterocycles. The first-order valence-corrected chi connectivity index (χ1v) is 20.8. The molecule has 7 rings (SSSR count). The summed E-state index contributed by atoms with van der Waals surface area (Å²) in [6.45, 7) is 13.4. The summed E-state index contributed by atoms with van der Waals surface area (Å²) in [5, 5.41) is 5.68. The van der Waals surface area contributed by atoms with Gasteiger partial charge in [0.25, 0.3) is 0 Å². The Hall–Kier alpha value is -5.77. The van der Waals surface area contributed by atoms with Gasteiger partial charge in [-0.1, -0.05) is 25.1 Å². The normalized spacial score (nSPS) is 17.9. The molecule has 3 aliphatic rings. The molecule has 0 radical (unpaired) electrons. The first-order chi connectivity index (χ1) is 27.5. The van der Waals surface area contributed by atoms with Crippen molar-refractivity contribution in [2.24, 2.45) is 0 Å². The van der Waals surface area contributed by atoms with Gasteiger partial charge in [-0.25, -0.2) is 32.2 Å². The molecule has 3 aromatic carbocycles. The lowest BCUT2D eigenvalue weighted by Crippen LogP contribution is -2.44. The van der Waals surface area contributed by atoms with Crippen molar-refractivity contribution in [3.05, 3.63) is 88.9 Å². The predicted molar refractivity (Wildman–Crippen MR) is 221 cm³/mol. The second-order valence-electron chi connectivity index (χ2n) is 17.1. The van der Waals surface area contributed by atoms with Crippen molar-refractivity contribution in [1.29, 1.82) is 0 Å². The van der Waals surface area contributed by atoms with Gasteiger partial charge in [-0.05, 0) is 125 Å². The Kier molecular flexibility index (Phi) is 11.7. The fourth-order valence-corrected chi connectivity index (χ4v) is 8.68. The first-order valence-electron chi connectivity index (χ1n) is 19.3. The molecule has 0 saturated heterocycles. The maximum atomic E-state index is 16.5. The van der Waals surface area contributed by atoms with E-state index in [1.165, 1.54) is 42.4 Å². The van der Waals surface area contributed by atoms with Crippen LogP contribution in [0.25, 0.3) is 10.8 Å². The fraction of sp³-hybridized carbons (Fsp3) is 0.419. The summed E-state index contributed by atoms with van der Waals surface area (Å²) in [7, 11) is -2.21. The van der Waals surface area contributed by atoms with E-state index in [1.54, 1.807) is 59.7 Å². The number of pyridine rings is 1. The summed E-state index contributed by atoms with van der Waals surface area (Å²) >= 11 is 0. The molecule has 0 spiro atoms. The van der Waals surface area contributed by atoms with Gasteiger partial charge in [0, 0.05) is 36.8 Å². The monoisotopic (exact) mass is 831 g/mol. The van der Waals surface area contributed by atoms with Crippen molar-refractivity contribution in [1.82, 2.24) is 9.88 Å². The lowest BCUT2D eigenvalue weighted by atomic mass is 9.93. The number of fused-ring (bicyclic) bond motifs is 10. The fourth-order valence-electron chi connectivity index (χ4n) is 6.82. The number of imide groups is 1. The number of aryl methyl sites for hydroxylation is 1. The van der Waals surface area contributed by atoms with Crippen molar-refractivity contribution < 1.29 is 46.2 Å². The highest BCUT2D eigenvalue weighted by molar-refractivity contribution is 7.92. The number of carbonyl (C=O) groups excluding carboxylic acids is 4. The number of benzene rings is 3. The van der Waals surface area contributed by atoms with E-state index in [1.807, 2.05) is 19.9 Å². The number of likely N-dealkylation sites (N-methyl/N-ethyl adjacent to an activating group) is 1. The molecule has 4 amide bonds. The number of carbonyl (C=O) groups is 4. The number of aromatic nitrogens is 1. The van der Waals surface area contributed by atoms with E-state index in [9.17, 15) is 27.6 Å². The van der Waals surface area contributed by atoms with Crippen LogP contribution in [0.15, 0.2) is 65.7 Å². The van der Waals surface area contributed by atoms with Gasteiger partial charge < -0.3 is 24.4 Å². The van der Waals surface area contributed by atoms with Gasteiger partial charge in [-0.15, -0.1) is 0 Å². The Morgan fingerprint density at radius 2 is 1.63 bits per heavy atom. The van der Waals surface area contributed by atoms with Crippen LogP contribution in [0.1, 0.15) is 95.5 Å². The summed E-state index contributed by atoms with van der Waals surface area (Å²) in [4.78, 5) is 60.7. The second kappa shape index (κ2) is 16.1. The summed E-state index contributed by atoms with van der Waals surface area (Å²) in [5.41, 5.74) is 0.632. The van der Waals surface area contributed by atoms with E-state index in [-0.39, 0.29) is 46.4 Å². The maximum Gasteiger partial charge on any atom is 0.425 e. The topological polar surface area (TPSA) is 174 Å². The molecule has 1 aliphatic carbocycles. The highest BCUT2D eigenvalue weighted by Crippen LogP contribution is 2.38. The smallest absolute Gasteiger partial charge is 0.425 e. The van der Waals surface area contributed by atoms with Crippen LogP contribution in [-0.2, 0) is 35.4 Å². The van der Waals surface area contributed by atoms with Crippen LogP contribution in [0.4, 0.5) is 36.0 Å². The van der Waals surface area contributed by atoms with Crippen molar-refractivity contribution in [3.63, 3.8) is 0 Å². The van der Waals surface area contributed by atoms with Crippen molar-refractivity contribution in [3.8, 4) is 0 Å². The van der Waals surface area contributed by atoms with Gasteiger partial charge in [0.1, 0.15) is 23.1 Å². The van der Waals surface area contributed by atoms with Crippen LogP contribution in [0.5, 0.6) is 0 Å². The van der Waals surface area contributed by atoms with Crippen molar-refractivity contribution in [2.45, 2.75) is 108 Å². The predicted octanol–water partition coefficient (Wildman–Crippen LogP) is 8.77. The van der Waals surface area contributed by atoms with Crippen LogP contribution in [0.3, 0.4) is 0 Å². The highest BCUT2D eigenvalue weighted by Gasteiger charge is 2.39. The average Bonchev–Trinajstić information content (AvgIpc) is 3.98. The molecule has 1 fully saturated rings. The van der Waals surface area contributed by atoms with Crippen LogP contribution < -0.4 is 15.5 Å². The molecule has 2 aliphatic heterocycles.